The average molecular weight is 312 g/mol. The van der Waals surface area contributed by atoms with Crippen LogP contribution in [0.5, 0.6) is 0 Å². The van der Waals surface area contributed by atoms with Gasteiger partial charge in [0.25, 0.3) is 0 Å². The first-order valence-corrected chi connectivity index (χ1v) is 8.49. The Labute approximate surface area is 134 Å². The molecule has 1 heterocycles. The maximum atomic E-state index is 6.44. The molecule has 21 heavy (non-hydrogen) atoms. The summed E-state index contributed by atoms with van der Waals surface area (Å²) in [6.45, 7) is 9.84. The molecule has 1 saturated carbocycles. The van der Waals surface area contributed by atoms with Crippen LogP contribution in [0, 0.1) is 30.1 Å². The van der Waals surface area contributed by atoms with E-state index >= 15 is 0 Å². The third kappa shape index (κ3) is 3.62. The lowest BCUT2D eigenvalue weighted by Gasteiger charge is -2.41. The Morgan fingerprint density at radius 1 is 1.29 bits per heavy atom. The number of halogens is 1. The number of nitrogens with two attached hydrogens (primary N) is 1. The maximum absolute atomic E-state index is 6.44. The molecule has 0 saturated heterocycles. The lowest BCUT2D eigenvalue weighted by Crippen LogP contribution is -2.36. The summed E-state index contributed by atoms with van der Waals surface area (Å²) in [7, 11) is 2.00. The van der Waals surface area contributed by atoms with Crippen molar-refractivity contribution in [2.45, 2.75) is 53.4 Å². The van der Waals surface area contributed by atoms with Gasteiger partial charge in [-0.3, -0.25) is 4.68 Å². The van der Waals surface area contributed by atoms with Gasteiger partial charge in [0.2, 0.25) is 0 Å². The number of rotatable bonds is 3. The summed E-state index contributed by atoms with van der Waals surface area (Å²) in [5.74, 6) is 2.02. The monoisotopic (exact) mass is 311 g/mol. The Kier molecular flexibility index (Phi) is 5.04. The smallest absolute Gasteiger partial charge is 0.0847 e. The Hall–Kier alpha value is -0.540. The number of aromatic nitrogens is 2. The predicted molar refractivity (Wildman–Crippen MR) is 89.5 cm³/mol. The molecule has 0 amide bonds. The van der Waals surface area contributed by atoms with Crippen LogP contribution in [-0.4, -0.2) is 16.3 Å². The highest BCUT2D eigenvalue weighted by Crippen LogP contribution is 2.44. The van der Waals surface area contributed by atoms with Gasteiger partial charge in [0.1, 0.15) is 0 Å². The fraction of sp³-hybridized carbons (Fsp3) is 0.824. The fourth-order valence-electron chi connectivity index (χ4n) is 3.82. The van der Waals surface area contributed by atoms with E-state index in [1.165, 1.54) is 25.0 Å². The summed E-state index contributed by atoms with van der Waals surface area (Å²) in [5.41, 5.74) is 8.51. The first-order valence-electron chi connectivity index (χ1n) is 8.12. The number of hydrogen-bond acceptors (Lipinski definition) is 2. The Morgan fingerprint density at radius 2 is 1.95 bits per heavy atom. The molecule has 3 nitrogen and oxygen atoms in total. The van der Waals surface area contributed by atoms with Crippen LogP contribution in [0.4, 0.5) is 0 Å². The van der Waals surface area contributed by atoms with Crippen molar-refractivity contribution in [2.75, 3.05) is 6.54 Å². The third-order valence-corrected chi connectivity index (χ3v) is 5.88. The topological polar surface area (TPSA) is 43.8 Å². The molecule has 4 heteroatoms. The summed E-state index contributed by atoms with van der Waals surface area (Å²) in [6, 6.07) is 0. The van der Waals surface area contributed by atoms with Crippen molar-refractivity contribution in [1.82, 2.24) is 9.78 Å². The van der Waals surface area contributed by atoms with Crippen molar-refractivity contribution in [1.29, 1.82) is 0 Å². The molecule has 0 aromatic carbocycles. The second kappa shape index (κ2) is 6.29. The standard InChI is InChI=1S/C17H30ClN3/c1-11-16(18)15(21(5)20-11)9-13-8-14(17(2,3)4)7-6-12(13)10-19/h12-14H,6-10,19H2,1-5H3. The van der Waals surface area contributed by atoms with Crippen LogP contribution in [0.3, 0.4) is 0 Å². The summed E-state index contributed by atoms with van der Waals surface area (Å²) < 4.78 is 1.95. The van der Waals surface area contributed by atoms with Crippen LogP contribution in [0.1, 0.15) is 51.4 Å². The van der Waals surface area contributed by atoms with Gasteiger partial charge in [0.05, 0.1) is 16.4 Å². The maximum Gasteiger partial charge on any atom is 0.0847 e. The van der Waals surface area contributed by atoms with Crippen LogP contribution in [0.15, 0.2) is 0 Å². The molecule has 0 bridgehead atoms. The highest BCUT2D eigenvalue weighted by atomic mass is 35.5. The molecular formula is C17H30ClN3. The summed E-state index contributed by atoms with van der Waals surface area (Å²) in [6.07, 6.45) is 4.81. The van der Waals surface area contributed by atoms with E-state index < -0.39 is 0 Å². The van der Waals surface area contributed by atoms with Crippen LogP contribution < -0.4 is 5.73 Å². The quantitative estimate of drug-likeness (QED) is 0.918. The van der Waals surface area contributed by atoms with Crippen LogP contribution >= 0.6 is 11.6 Å². The molecule has 3 unspecified atom stereocenters. The number of nitrogens with zero attached hydrogens (tertiary/aromatic N) is 2. The Balaban J connectivity index is 2.18. The predicted octanol–water partition coefficient (Wildman–Crippen LogP) is 3.96. The molecule has 1 aromatic rings. The zero-order chi connectivity index (χ0) is 15.8. The van der Waals surface area contributed by atoms with Gasteiger partial charge in [-0.25, -0.2) is 0 Å². The molecule has 3 atom stereocenters. The molecule has 0 aliphatic heterocycles. The minimum atomic E-state index is 0.379. The van der Waals surface area contributed by atoms with Gasteiger partial charge >= 0.3 is 0 Å². The summed E-state index contributed by atoms with van der Waals surface area (Å²) >= 11 is 6.44. The highest BCUT2D eigenvalue weighted by Gasteiger charge is 2.36. The minimum absolute atomic E-state index is 0.379. The minimum Gasteiger partial charge on any atom is -0.330 e. The zero-order valence-electron chi connectivity index (χ0n) is 14.1. The molecule has 120 valence electrons. The van der Waals surface area contributed by atoms with Crippen molar-refractivity contribution in [3.05, 3.63) is 16.4 Å². The van der Waals surface area contributed by atoms with E-state index in [2.05, 4.69) is 25.9 Å². The summed E-state index contributed by atoms with van der Waals surface area (Å²) in [5, 5.41) is 5.29. The Bertz CT molecular complexity index is 487. The molecular weight excluding hydrogens is 282 g/mol. The first-order chi connectivity index (χ1) is 9.74. The van der Waals surface area contributed by atoms with Crippen molar-refractivity contribution >= 4 is 11.6 Å². The lowest BCUT2D eigenvalue weighted by molar-refractivity contribution is 0.100. The van der Waals surface area contributed by atoms with Gasteiger partial charge in [-0.15, -0.1) is 0 Å². The van der Waals surface area contributed by atoms with Crippen molar-refractivity contribution in [3.8, 4) is 0 Å². The summed E-state index contributed by atoms with van der Waals surface area (Å²) in [4.78, 5) is 0. The molecule has 0 radical (unpaired) electrons. The van der Waals surface area contributed by atoms with E-state index in [1.54, 1.807) is 0 Å². The van der Waals surface area contributed by atoms with Gasteiger partial charge in [-0.2, -0.15) is 5.10 Å². The third-order valence-electron chi connectivity index (χ3n) is 5.38. The highest BCUT2D eigenvalue weighted by molar-refractivity contribution is 6.31. The zero-order valence-corrected chi connectivity index (χ0v) is 14.9. The largest absolute Gasteiger partial charge is 0.330 e. The molecule has 0 spiro atoms. The van der Waals surface area contributed by atoms with Crippen molar-refractivity contribution in [3.63, 3.8) is 0 Å². The van der Waals surface area contributed by atoms with E-state index in [0.29, 0.717) is 17.3 Å². The van der Waals surface area contributed by atoms with Gasteiger partial charge < -0.3 is 5.73 Å². The SMILES string of the molecule is Cc1nn(C)c(CC2CC(C(C)(C)C)CCC2CN)c1Cl. The van der Waals surface area contributed by atoms with Crippen LogP contribution in [0.2, 0.25) is 5.02 Å². The molecule has 1 aliphatic carbocycles. The number of aryl methyl sites for hydroxylation is 2. The lowest BCUT2D eigenvalue weighted by atomic mass is 9.64. The van der Waals surface area contributed by atoms with E-state index in [9.17, 15) is 0 Å². The number of hydrogen-bond donors (Lipinski definition) is 1. The second-order valence-electron chi connectivity index (χ2n) is 7.81. The average Bonchev–Trinajstić information content (AvgIpc) is 2.64. The van der Waals surface area contributed by atoms with Crippen LogP contribution in [0.25, 0.3) is 0 Å². The normalized spacial score (nSPS) is 27.1. The first kappa shape index (κ1) is 16.8. The van der Waals surface area contributed by atoms with E-state index in [-0.39, 0.29) is 0 Å². The van der Waals surface area contributed by atoms with Gasteiger partial charge in [0, 0.05) is 7.05 Å². The van der Waals surface area contributed by atoms with Gasteiger partial charge in [0.15, 0.2) is 0 Å². The molecule has 2 N–H and O–H groups in total. The Morgan fingerprint density at radius 3 is 2.43 bits per heavy atom. The van der Waals surface area contributed by atoms with E-state index in [4.69, 9.17) is 17.3 Å². The van der Waals surface area contributed by atoms with Crippen molar-refractivity contribution in [2.24, 2.45) is 36.0 Å². The van der Waals surface area contributed by atoms with Crippen molar-refractivity contribution < 1.29 is 0 Å². The van der Waals surface area contributed by atoms with Gasteiger partial charge in [-0.05, 0) is 62.3 Å². The van der Waals surface area contributed by atoms with E-state index in [1.807, 2.05) is 18.7 Å². The molecule has 1 aliphatic rings. The molecule has 1 aromatic heterocycles. The van der Waals surface area contributed by atoms with Gasteiger partial charge in [-0.1, -0.05) is 32.4 Å². The van der Waals surface area contributed by atoms with E-state index in [0.717, 1.165) is 29.6 Å². The second-order valence-corrected chi connectivity index (χ2v) is 8.18. The fourth-order valence-corrected chi connectivity index (χ4v) is 4.06. The van der Waals surface area contributed by atoms with Crippen LogP contribution in [-0.2, 0) is 13.5 Å². The molecule has 1 fully saturated rings. The molecule has 2 rings (SSSR count).